The lowest BCUT2D eigenvalue weighted by Crippen LogP contribution is -2.50. The summed E-state index contributed by atoms with van der Waals surface area (Å²) in [7, 11) is 0. The minimum absolute atomic E-state index is 0. The minimum Gasteiger partial charge on any atom is -0.508 e. The molecule has 22 heavy (non-hydrogen) atoms. The van der Waals surface area contributed by atoms with Gasteiger partial charge in [0.15, 0.2) is 0 Å². The highest BCUT2D eigenvalue weighted by Gasteiger charge is 2.37. The molecule has 4 nitrogen and oxygen atoms in total. The van der Waals surface area contributed by atoms with Crippen LogP contribution in [0.1, 0.15) is 36.6 Å². The Morgan fingerprint density at radius 1 is 1.18 bits per heavy atom. The van der Waals surface area contributed by atoms with E-state index in [4.69, 9.17) is 0 Å². The fourth-order valence-corrected chi connectivity index (χ4v) is 3.48. The number of nitrogens with zero attached hydrogens (tertiary/aromatic N) is 1. The van der Waals surface area contributed by atoms with Crippen LogP contribution in [0.5, 0.6) is 5.75 Å². The number of aliphatic hydroxyl groups excluding tert-OH is 1. The number of aryl methyl sites for hydroxylation is 2. The molecule has 1 atom stereocenters. The monoisotopic (exact) mass is 328 g/mol. The van der Waals surface area contributed by atoms with E-state index in [0.717, 1.165) is 37.3 Å². The van der Waals surface area contributed by atoms with Crippen LogP contribution in [0, 0.1) is 19.3 Å². The van der Waals surface area contributed by atoms with E-state index in [2.05, 4.69) is 24.1 Å². The first-order chi connectivity index (χ1) is 9.86. The molecule has 0 aromatic heterocycles. The van der Waals surface area contributed by atoms with Crippen LogP contribution in [0.25, 0.3) is 0 Å². The lowest BCUT2D eigenvalue weighted by molar-refractivity contribution is 0.0298. The molecular weight excluding hydrogens is 300 g/mol. The molecule has 0 aliphatic carbocycles. The standard InChI is InChI=1S/C17H28N2O2.ClH/c1-12-9-14(21)10-13(2)15(12)16(17(3,4)11-20)19-7-5-18-6-8-19;/h9-10,16,18,20-21H,5-8,11H2,1-4H3;1H/t16-;/m1./s1. The second-order valence-electron chi connectivity index (χ2n) is 6.83. The van der Waals surface area contributed by atoms with Gasteiger partial charge in [-0.15, -0.1) is 12.4 Å². The summed E-state index contributed by atoms with van der Waals surface area (Å²) >= 11 is 0. The van der Waals surface area contributed by atoms with E-state index in [1.807, 2.05) is 26.0 Å². The van der Waals surface area contributed by atoms with E-state index in [1.165, 1.54) is 5.56 Å². The van der Waals surface area contributed by atoms with Crippen molar-refractivity contribution >= 4 is 12.4 Å². The average molecular weight is 329 g/mol. The van der Waals surface area contributed by atoms with Gasteiger partial charge in [0, 0.05) is 44.2 Å². The Hall–Kier alpha value is -0.810. The summed E-state index contributed by atoms with van der Waals surface area (Å²) in [6.45, 7) is 12.4. The summed E-state index contributed by atoms with van der Waals surface area (Å²) in [5, 5.41) is 23.1. The minimum atomic E-state index is -0.232. The molecule has 1 heterocycles. The largest absolute Gasteiger partial charge is 0.508 e. The van der Waals surface area contributed by atoms with Crippen molar-refractivity contribution in [3.8, 4) is 5.75 Å². The van der Waals surface area contributed by atoms with E-state index in [9.17, 15) is 10.2 Å². The van der Waals surface area contributed by atoms with Crippen molar-refractivity contribution in [2.75, 3.05) is 32.8 Å². The molecule has 1 aromatic rings. The van der Waals surface area contributed by atoms with Crippen molar-refractivity contribution in [3.05, 3.63) is 28.8 Å². The zero-order chi connectivity index (χ0) is 15.6. The maximum Gasteiger partial charge on any atom is 0.116 e. The Morgan fingerprint density at radius 3 is 2.14 bits per heavy atom. The van der Waals surface area contributed by atoms with Crippen molar-refractivity contribution in [2.45, 2.75) is 33.7 Å². The number of aliphatic hydroxyl groups is 1. The van der Waals surface area contributed by atoms with Crippen LogP contribution in [-0.2, 0) is 0 Å². The molecule has 3 N–H and O–H groups in total. The van der Waals surface area contributed by atoms with Crippen molar-refractivity contribution in [2.24, 2.45) is 5.41 Å². The fourth-order valence-electron chi connectivity index (χ4n) is 3.48. The first kappa shape index (κ1) is 19.2. The number of nitrogens with one attached hydrogen (secondary N) is 1. The number of aromatic hydroxyl groups is 1. The molecule has 2 rings (SSSR count). The maximum absolute atomic E-state index is 9.90. The molecule has 1 saturated heterocycles. The van der Waals surface area contributed by atoms with Gasteiger partial charge in [-0.1, -0.05) is 13.8 Å². The summed E-state index contributed by atoms with van der Waals surface area (Å²) in [5.74, 6) is 0.314. The molecular formula is C17H29ClN2O2. The number of benzene rings is 1. The molecule has 0 saturated carbocycles. The maximum atomic E-state index is 9.90. The van der Waals surface area contributed by atoms with Crippen molar-refractivity contribution in [1.82, 2.24) is 10.2 Å². The summed E-state index contributed by atoms with van der Waals surface area (Å²) in [5.41, 5.74) is 3.20. The third-order valence-electron chi connectivity index (χ3n) is 4.52. The molecule has 126 valence electrons. The highest BCUT2D eigenvalue weighted by Crippen LogP contribution is 2.41. The summed E-state index contributed by atoms with van der Waals surface area (Å²) in [4.78, 5) is 2.46. The number of phenolic OH excluding ortho intramolecular Hbond substituents is 1. The van der Waals surface area contributed by atoms with Gasteiger partial charge in [0.25, 0.3) is 0 Å². The number of hydrogen-bond donors (Lipinski definition) is 3. The SMILES string of the molecule is Cc1cc(O)cc(C)c1[C@@H](N1CCNCC1)C(C)(C)CO.Cl. The van der Waals surface area contributed by atoms with Crippen LogP contribution in [0.2, 0.25) is 0 Å². The highest BCUT2D eigenvalue weighted by atomic mass is 35.5. The van der Waals surface area contributed by atoms with E-state index >= 15 is 0 Å². The Labute approximate surface area is 139 Å². The molecule has 0 bridgehead atoms. The van der Waals surface area contributed by atoms with Crippen molar-refractivity contribution in [1.29, 1.82) is 0 Å². The molecule has 1 aliphatic heterocycles. The molecule has 1 aromatic carbocycles. The van der Waals surface area contributed by atoms with Crippen molar-refractivity contribution < 1.29 is 10.2 Å². The number of phenols is 1. The van der Waals surface area contributed by atoms with E-state index in [-0.39, 0.29) is 30.5 Å². The Bertz CT molecular complexity index is 476. The molecule has 0 radical (unpaired) electrons. The van der Waals surface area contributed by atoms with Gasteiger partial charge in [-0.25, -0.2) is 0 Å². The second-order valence-corrected chi connectivity index (χ2v) is 6.83. The number of rotatable bonds is 4. The van der Waals surface area contributed by atoms with E-state index < -0.39 is 0 Å². The summed E-state index contributed by atoms with van der Waals surface area (Å²) in [6.07, 6.45) is 0. The van der Waals surface area contributed by atoms with Crippen LogP contribution in [0.4, 0.5) is 0 Å². The van der Waals surface area contributed by atoms with Crippen LogP contribution in [0.15, 0.2) is 12.1 Å². The Balaban J connectivity index is 0.00000242. The molecule has 0 unspecified atom stereocenters. The van der Waals surface area contributed by atoms with Crippen LogP contribution >= 0.6 is 12.4 Å². The zero-order valence-corrected chi connectivity index (χ0v) is 14.8. The Morgan fingerprint density at radius 2 is 1.68 bits per heavy atom. The van der Waals surface area contributed by atoms with Crippen LogP contribution < -0.4 is 5.32 Å². The summed E-state index contributed by atoms with van der Waals surface area (Å²) in [6, 6.07) is 3.81. The quantitative estimate of drug-likeness (QED) is 0.794. The molecule has 0 amide bonds. The zero-order valence-electron chi connectivity index (χ0n) is 14.0. The number of hydrogen-bond acceptors (Lipinski definition) is 4. The van der Waals surface area contributed by atoms with Gasteiger partial charge in [0.2, 0.25) is 0 Å². The third kappa shape index (κ3) is 3.93. The molecule has 1 fully saturated rings. The first-order valence-electron chi connectivity index (χ1n) is 7.72. The van der Waals surface area contributed by atoms with Gasteiger partial charge < -0.3 is 15.5 Å². The van der Waals surface area contributed by atoms with Crippen LogP contribution in [0.3, 0.4) is 0 Å². The third-order valence-corrected chi connectivity index (χ3v) is 4.52. The van der Waals surface area contributed by atoms with Gasteiger partial charge in [0.05, 0.1) is 0 Å². The van der Waals surface area contributed by atoms with Gasteiger partial charge in [-0.3, -0.25) is 4.90 Å². The lowest BCUT2D eigenvalue weighted by Gasteiger charge is -2.44. The van der Waals surface area contributed by atoms with Gasteiger partial charge >= 0.3 is 0 Å². The number of halogens is 1. The predicted molar refractivity (Wildman–Crippen MR) is 92.9 cm³/mol. The first-order valence-corrected chi connectivity index (χ1v) is 7.72. The lowest BCUT2D eigenvalue weighted by atomic mass is 9.77. The van der Waals surface area contributed by atoms with Gasteiger partial charge in [0.1, 0.15) is 5.75 Å². The highest BCUT2D eigenvalue weighted by molar-refractivity contribution is 5.85. The molecule has 1 aliphatic rings. The second kappa shape index (κ2) is 7.64. The molecule has 5 heteroatoms. The Kier molecular flexibility index (Phi) is 6.68. The summed E-state index contributed by atoms with van der Waals surface area (Å²) < 4.78 is 0. The normalized spacial score (nSPS) is 17.9. The molecule has 0 spiro atoms. The van der Waals surface area contributed by atoms with E-state index in [0.29, 0.717) is 5.75 Å². The van der Waals surface area contributed by atoms with Gasteiger partial charge in [-0.05, 0) is 42.7 Å². The average Bonchev–Trinajstić information content (AvgIpc) is 2.43. The van der Waals surface area contributed by atoms with Crippen LogP contribution in [-0.4, -0.2) is 47.9 Å². The smallest absolute Gasteiger partial charge is 0.116 e. The topological polar surface area (TPSA) is 55.7 Å². The fraction of sp³-hybridized carbons (Fsp3) is 0.647. The van der Waals surface area contributed by atoms with Crippen molar-refractivity contribution in [3.63, 3.8) is 0 Å². The number of piperazine rings is 1. The van der Waals surface area contributed by atoms with Gasteiger partial charge in [-0.2, -0.15) is 0 Å². The van der Waals surface area contributed by atoms with E-state index in [1.54, 1.807) is 0 Å². The predicted octanol–water partition coefficient (Wildman–Crippen LogP) is 2.40.